The number of hydrogen-bond donors (Lipinski definition) is 1. The van der Waals surface area contributed by atoms with Crippen LogP contribution in [0.5, 0.6) is 11.5 Å². The molecule has 0 aliphatic carbocycles. The molecule has 0 aromatic heterocycles. The van der Waals surface area contributed by atoms with Gasteiger partial charge in [0.15, 0.2) is 0 Å². The number of morpholine rings is 1. The van der Waals surface area contributed by atoms with Crippen molar-refractivity contribution in [2.45, 2.75) is 6.92 Å². The first kappa shape index (κ1) is 15.4. The molecule has 0 radical (unpaired) electrons. The minimum Gasteiger partial charge on any atom is -0.494 e. The molecule has 116 valence electrons. The molecule has 1 fully saturated rings. The van der Waals surface area contributed by atoms with Crippen molar-refractivity contribution < 1.29 is 19.0 Å². The molecule has 0 atom stereocenters. The number of hydrogen-bond acceptors (Lipinski definition) is 4. The van der Waals surface area contributed by atoms with Gasteiger partial charge in [-0.25, -0.2) is 4.79 Å². The predicted octanol–water partition coefficient (Wildman–Crippen LogP) is 1.51. The third-order valence-electron chi connectivity index (χ3n) is 3.06. The first-order chi connectivity index (χ1) is 10.3. The summed E-state index contributed by atoms with van der Waals surface area (Å²) < 4.78 is 16.2. The Bertz CT molecular complexity index is 447. The molecule has 1 saturated heterocycles. The second-order valence-corrected chi connectivity index (χ2v) is 4.59. The van der Waals surface area contributed by atoms with Crippen molar-refractivity contribution >= 4 is 6.03 Å². The van der Waals surface area contributed by atoms with Crippen LogP contribution in [-0.2, 0) is 4.74 Å². The van der Waals surface area contributed by atoms with Gasteiger partial charge < -0.3 is 24.4 Å². The average Bonchev–Trinajstić information content (AvgIpc) is 2.53. The van der Waals surface area contributed by atoms with Crippen LogP contribution in [-0.4, -0.2) is 57.0 Å². The Morgan fingerprint density at radius 1 is 1.29 bits per heavy atom. The molecule has 2 amide bonds. The molecule has 0 unspecified atom stereocenters. The molecular formula is C15H22N2O4. The summed E-state index contributed by atoms with van der Waals surface area (Å²) in [6.45, 7) is 5.95. The fourth-order valence-corrected chi connectivity index (χ4v) is 2.03. The summed E-state index contributed by atoms with van der Waals surface area (Å²) >= 11 is 0. The lowest BCUT2D eigenvalue weighted by molar-refractivity contribution is 0.0530. The van der Waals surface area contributed by atoms with Crippen molar-refractivity contribution in [2.75, 3.05) is 46.1 Å². The fourth-order valence-electron chi connectivity index (χ4n) is 2.03. The average molecular weight is 294 g/mol. The summed E-state index contributed by atoms with van der Waals surface area (Å²) in [6, 6.07) is 7.41. The van der Waals surface area contributed by atoms with Crippen molar-refractivity contribution in [1.82, 2.24) is 10.2 Å². The number of benzene rings is 1. The highest BCUT2D eigenvalue weighted by atomic mass is 16.5. The van der Waals surface area contributed by atoms with Crippen molar-refractivity contribution in [2.24, 2.45) is 0 Å². The summed E-state index contributed by atoms with van der Waals surface area (Å²) in [5.41, 5.74) is 0. The Balaban J connectivity index is 1.67. The molecule has 1 N–H and O–H groups in total. The summed E-state index contributed by atoms with van der Waals surface area (Å²) in [6.07, 6.45) is 0. The third-order valence-corrected chi connectivity index (χ3v) is 3.06. The quantitative estimate of drug-likeness (QED) is 0.808. The highest BCUT2D eigenvalue weighted by Crippen LogP contribution is 2.19. The van der Waals surface area contributed by atoms with E-state index in [0.29, 0.717) is 46.1 Å². The molecule has 0 bridgehead atoms. The van der Waals surface area contributed by atoms with Gasteiger partial charge in [0.1, 0.15) is 18.1 Å². The van der Waals surface area contributed by atoms with Crippen LogP contribution < -0.4 is 14.8 Å². The van der Waals surface area contributed by atoms with Gasteiger partial charge in [-0.05, 0) is 19.1 Å². The van der Waals surface area contributed by atoms with Gasteiger partial charge in [0, 0.05) is 19.2 Å². The number of carbonyl (C=O) groups excluding carboxylic acids is 1. The van der Waals surface area contributed by atoms with E-state index in [1.807, 2.05) is 31.2 Å². The maximum Gasteiger partial charge on any atom is 0.317 e. The van der Waals surface area contributed by atoms with Crippen molar-refractivity contribution in [3.8, 4) is 11.5 Å². The topological polar surface area (TPSA) is 60.0 Å². The first-order valence-corrected chi connectivity index (χ1v) is 7.26. The van der Waals surface area contributed by atoms with E-state index < -0.39 is 0 Å². The van der Waals surface area contributed by atoms with E-state index >= 15 is 0 Å². The lowest BCUT2D eigenvalue weighted by atomic mass is 10.3. The van der Waals surface area contributed by atoms with E-state index in [1.54, 1.807) is 4.90 Å². The van der Waals surface area contributed by atoms with Crippen molar-refractivity contribution in [1.29, 1.82) is 0 Å². The van der Waals surface area contributed by atoms with E-state index in [-0.39, 0.29) is 6.03 Å². The monoisotopic (exact) mass is 294 g/mol. The molecule has 0 saturated carbocycles. The van der Waals surface area contributed by atoms with Crippen LogP contribution in [0.2, 0.25) is 0 Å². The number of urea groups is 1. The maximum atomic E-state index is 11.8. The van der Waals surface area contributed by atoms with Gasteiger partial charge in [0.25, 0.3) is 0 Å². The van der Waals surface area contributed by atoms with E-state index in [2.05, 4.69) is 5.32 Å². The fraction of sp³-hybridized carbons (Fsp3) is 0.533. The highest BCUT2D eigenvalue weighted by molar-refractivity contribution is 5.74. The van der Waals surface area contributed by atoms with Gasteiger partial charge in [-0.15, -0.1) is 0 Å². The number of ether oxygens (including phenoxy) is 3. The molecule has 1 aromatic carbocycles. The number of nitrogens with zero attached hydrogens (tertiary/aromatic N) is 1. The van der Waals surface area contributed by atoms with Crippen LogP contribution in [0.25, 0.3) is 0 Å². The van der Waals surface area contributed by atoms with Crippen LogP contribution in [0.1, 0.15) is 6.92 Å². The summed E-state index contributed by atoms with van der Waals surface area (Å²) in [7, 11) is 0. The zero-order valence-corrected chi connectivity index (χ0v) is 12.3. The summed E-state index contributed by atoms with van der Waals surface area (Å²) in [5.74, 6) is 1.52. The highest BCUT2D eigenvalue weighted by Gasteiger charge is 2.15. The normalized spacial score (nSPS) is 14.6. The SMILES string of the molecule is CCOc1cccc(OCCNC(=O)N2CCOCC2)c1. The van der Waals surface area contributed by atoms with Crippen LogP contribution >= 0.6 is 0 Å². The third kappa shape index (κ3) is 5.15. The minimum atomic E-state index is -0.0648. The molecule has 2 rings (SSSR count). The van der Waals surface area contributed by atoms with Gasteiger partial charge in [0.05, 0.1) is 26.4 Å². The molecular weight excluding hydrogens is 272 g/mol. The summed E-state index contributed by atoms with van der Waals surface area (Å²) in [5, 5.41) is 2.84. The van der Waals surface area contributed by atoms with E-state index in [0.717, 1.165) is 11.5 Å². The van der Waals surface area contributed by atoms with Gasteiger partial charge in [-0.1, -0.05) is 6.07 Å². The summed E-state index contributed by atoms with van der Waals surface area (Å²) in [4.78, 5) is 13.6. The molecule has 6 heteroatoms. The van der Waals surface area contributed by atoms with E-state index in [9.17, 15) is 4.79 Å². The van der Waals surface area contributed by atoms with E-state index in [4.69, 9.17) is 14.2 Å². The molecule has 1 aliphatic heterocycles. The standard InChI is InChI=1S/C15H22N2O4/c1-2-20-13-4-3-5-14(12-13)21-9-6-16-15(18)17-7-10-19-11-8-17/h3-5,12H,2,6-11H2,1H3,(H,16,18). The van der Waals surface area contributed by atoms with Gasteiger partial charge in [-0.3, -0.25) is 0 Å². The number of amides is 2. The largest absolute Gasteiger partial charge is 0.494 e. The molecule has 1 heterocycles. The van der Waals surface area contributed by atoms with Crippen LogP contribution in [0.15, 0.2) is 24.3 Å². The lowest BCUT2D eigenvalue weighted by Gasteiger charge is -2.26. The van der Waals surface area contributed by atoms with Crippen molar-refractivity contribution in [3.63, 3.8) is 0 Å². The Kier molecular flexibility index (Phi) is 6.15. The lowest BCUT2D eigenvalue weighted by Crippen LogP contribution is -2.47. The Morgan fingerprint density at radius 2 is 2.00 bits per heavy atom. The maximum absolute atomic E-state index is 11.8. The predicted molar refractivity (Wildman–Crippen MR) is 78.9 cm³/mol. The number of rotatable bonds is 6. The number of carbonyl (C=O) groups is 1. The Morgan fingerprint density at radius 3 is 2.71 bits per heavy atom. The molecule has 1 aliphatic rings. The van der Waals surface area contributed by atoms with Gasteiger partial charge in [-0.2, -0.15) is 0 Å². The van der Waals surface area contributed by atoms with Crippen LogP contribution in [0, 0.1) is 0 Å². The van der Waals surface area contributed by atoms with Crippen LogP contribution in [0.4, 0.5) is 4.79 Å². The zero-order chi connectivity index (χ0) is 14.9. The Hall–Kier alpha value is -1.95. The second kappa shape index (κ2) is 8.36. The van der Waals surface area contributed by atoms with Gasteiger partial charge >= 0.3 is 6.03 Å². The molecule has 0 spiro atoms. The Labute approximate surface area is 125 Å². The molecule has 21 heavy (non-hydrogen) atoms. The smallest absolute Gasteiger partial charge is 0.317 e. The van der Waals surface area contributed by atoms with Gasteiger partial charge in [0.2, 0.25) is 0 Å². The molecule has 6 nitrogen and oxygen atoms in total. The van der Waals surface area contributed by atoms with Crippen LogP contribution in [0.3, 0.4) is 0 Å². The first-order valence-electron chi connectivity index (χ1n) is 7.26. The minimum absolute atomic E-state index is 0.0648. The van der Waals surface area contributed by atoms with Crippen molar-refractivity contribution in [3.05, 3.63) is 24.3 Å². The van der Waals surface area contributed by atoms with E-state index in [1.165, 1.54) is 0 Å². The zero-order valence-electron chi connectivity index (χ0n) is 12.3. The second-order valence-electron chi connectivity index (χ2n) is 4.59. The number of nitrogens with one attached hydrogen (secondary N) is 1. The molecule has 1 aromatic rings.